The van der Waals surface area contributed by atoms with Gasteiger partial charge in [0.15, 0.2) is 11.3 Å². The molecule has 27 heavy (non-hydrogen) atoms. The second-order valence-electron chi connectivity index (χ2n) is 5.63. The molecule has 0 fully saturated rings. The van der Waals surface area contributed by atoms with Gasteiger partial charge in [0.1, 0.15) is 18.1 Å². The third-order valence-electron chi connectivity index (χ3n) is 3.87. The molecule has 4 heterocycles. The van der Waals surface area contributed by atoms with E-state index in [4.69, 9.17) is 17.5 Å². The van der Waals surface area contributed by atoms with Gasteiger partial charge < -0.3 is 9.26 Å². The third kappa shape index (κ3) is 2.58. The Hall–Kier alpha value is -3.82. The Morgan fingerprint density at radius 3 is 2.93 bits per heavy atom. The van der Waals surface area contributed by atoms with Crippen molar-refractivity contribution < 1.29 is 17.5 Å². The Bertz CT molecular complexity index is 1470. The fourth-order valence-electron chi connectivity index (χ4n) is 2.71. The van der Waals surface area contributed by atoms with Crippen LogP contribution in [-0.4, -0.2) is 40.0 Å². The molecule has 0 amide bonds. The van der Waals surface area contributed by atoms with Crippen molar-refractivity contribution in [2.24, 2.45) is 6.98 Å². The van der Waals surface area contributed by atoms with Crippen molar-refractivity contribution in [3.05, 3.63) is 48.0 Å². The first-order valence-electron chi connectivity index (χ1n) is 10.8. The number of hydrogen-bond acceptors (Lipinski definition) is 8. The van der Waals surface area contributed by atoms with Crippen LogP contribution in [0.2, 0.25) is 0 Å². The van der Waals surface area contributed by atoms with Gasteiger partial charge in [0, 0.05) is 32.0 Å². The Balaban J connectivity index is 1.56. The van der Waals surface area contributed by atoms with E-state index in [1.54, 1.807) is 18.2 Å². The fraction of sp³-hybridized carbons (Fsp3) is 0.176. The van der Waals surface area contributed by atoms with Gasteiger partial charge >= 0.3 is 0 Å². The highest BCUT2D eigenvalue weighted by molar-refractivity contribution is 5.96. The zero-order valence-corrected chi connectivity index (χ0v) is 13.6. The lowest BCUT2D eigenvalue weighted by Gasteiger charge is -2.08. The second-order valence-corrected chi connectivity index (χ2v) is 5.63. The molecule has 10 nitrogen and oxygen atoms in total. The molecule has 5 rings (SSSR count). The molecule has 134 valence electrons. The lowest BCUT2D eigenvalue weighted by molar-refractivity contribution is 0.289. The molecule has 0 spiro atoms. The summed E-state index contributed by atoms with van der Waals surface area (Å²) in [5, 5.41) is 25.2. The zero-order valence-electron chi connectivity index (χ0n) is 19.6. The quantitative estimate of drug-likeness (QED) is 0.473. The van der Waals surface area contributed by atoms with Crippen molar-refractivity contribution in [3.63, 3.8) is 0 Å². The molecule has 0 aliphatic carbocycles. The van der Waals surface area contributed by atoms with Gasteiger partial charge in [-0.1, -0.05) is 28.6 Å². The predicted octanol–water partition coefficient (Wildman–Crippen LogP) is 1.95. The summed E-state index contributed by atoms with van der Waals surface area (Å²) < 4.78 is 57.5. The largest absolute Gasteiger partial charge is 0.470 e. The van der Waals surface area contributed by atoms with Crippen molar-refractivity contribution in [1.29, 1.82) is 0 Å². The monoisotopic (exact) mass is 368 g/mol. The van der Waals surface area contributed by atoms with Crippen LogP contribution in [0.3, 0.4) is 0 Å². The maximum absolute atomic E-state index is 7.47. The SMILES string of the molecule is [2H]C([2H])([2H])c1cc(-c2nnc3c4ccccc4c(OCc4cn(C([2H])([2H])[2H])nn4)nn23)no1. The van der Waals surface area contributed by atoms with Gasteiger partial charge in [-0.2, -0.15) is 4.52 Å². The van der Waals surface area contributed by atoms with Crippen LogP contribution in [0.25, 0.3) is 27.9 Å². The van der Waals surface area contributed by atoms with Crippen LogP contribution >= 0.6 is 0 Å². The highest BCUT2D eigenvalue weighted by Crippen LogP contribution is 2.29. The summed E-state index contributed by atoms with van der Waals surface area (Å²) in [6, 6.07) is 8.46. The minimum Gasteiger partial charge on any atom is -0.470 e. The number of benzene rings is 1. The lowest BCUT2D eigenvalue weighted by Crippen LogP contribution is -2.03. The van der Waals surface area contributed by atoms with Gasteiger partial charge in [0.2, 0.25) is 11.7 Å². The van der Waals surface area contributed by atoms with Gasteiger partial charge in [-0.15, -0.1) is 20.4 Å². The van der Waals surface area contributed by atoms with Crippen molar-refractivity contribution in [1.82, 2.24) is 40.0 Å². The van der Waals surface area contributed by atoms with E-state index >= 15 is 0 Å². The van der Waals surface area contributed by atoms with E-state index in [0.717, 1.165) is 4.68 Å². The molecule has 0 radical (unpaired) electrons. The van der Waals surface area contributed by atoms with E-state index in [-0.39, 0.29) is 29.8 Å². The first-order valence-corrected chi connectivity index (χ1v) is 7.77. The van der Waals surface area contributed by atoms with Crippen molar-refractivity contribution in [3.8, 4) is 17.4 Å². The summed E-state index contributed by atoms with van der Waals surface area (Å²) >= 11 is 0. The van der Waals surface area contributed by atoms with Gasteiger partial charge in [-0.25, -0.2) is 0 Å². The number of aryl methyl sites for hydroxylation is 2. The van der Waals surface area contributed by atoms with Crippen molar-refractivity contribution in [2.45, 2.75) is 13.5 Å². The van der Waals surface area contributed by atoms with E-state index in [9.17, 15) is 0 Å². The van der Waals surface area contributed by atoms with E-state index in [0.29, 0.717) is 22.1 Å². The zero-order chi connectivity index (χ0) is 23.4. The van der Waals surface area contributed by atoms with E-state index in [1.807, 2.05) is 6.07 Å². The van der Waals surface area contributed by atoms with Crippen molar-refractivity contribution in [2.75, 3.05) is 0 Å². The van der Waals surface area contributed by atoms with Crippen LogP contribution < -0.4 is 4.74 Å². The van der Waals surface area contributed by atoms with Gasteiger partial charge in [0.05, 0.1) is 6.20 Å². The van der Waals surface area contributed by atoms with Gasteiger partial charge in [-0.05, 0) is 12.9 Å². The number of ether oxygens (including phenoxy) is 1. The summed E-state index contributed by atoms with van der Waals surface area (Å²) in [4.78, 5) is 0. The van der Waals surface area contributed by atoms with Gasteiger partial charge in [0.25, 0.3) is 0 Å². The second kappa shape index (κ2) is 5.87. The van der Waals surface area contributed by atoms with Crippen LogP contribution in [0.5, 0.6) is 5.88 Å². The standard InChI is InChI=1S/C17H14N8O2/c1-10-7-14(22-27-10)16-20-19-15-12-5-3-4-6-13(12)17(21-25(15)16)26-9-11-8-24(2)23-18-11/h3-8H,9H2,1-2H3/i1D3,2D3. The number of rotatable bonds is 4. The minimum atomic E-state index is -2.47. The molecule has 0 atom stereocenters. The number of fused-ring (bicyclic) bond motifs is 3. The lowest BCUT2D eigenvalue weighted by atomic mass is 10.2. The maximum atomic E-state index is 7.47. The van der Waals surface area contributed by atoms with Crippen LogP contribution in [-0.2, 0) is 13.6 Å². The summed E-state index contributed by atoms with van der Waals surface area (Å²) in [7, 11) is 0. The average molecular weight is 368 g/mol. The van der Waals surface area contributed by atoms with Crippen LogP contribution in [0.15, 0.2) is 41.1 Å². The topological polar surface area (TPSA) is 109 Å². The third-order valence-corrected chi connectivity index (χ3v) is 3.87. The minimum absolute atomic E-state index is 0.0941. The normalized spacial score (nSPS) is 15.7. The first kappa shape index (κ1) is 10.4. The van der Waals surface area contributed by atoms with Crippen LogP contribution in [0.4, 0.5) is 0 Å². The molecule has 10 heteroatoms. The van der Waals surface area contributed by atoms with E-state index < -0.39 is 13.8 Å². The maximum Gasteiger partial charge on any atom is 0.240 e. The molecular formula is C17H14N8O2. The predicted molar refractivity (Wildman–Crippen MR) is 93.9 cm³/mol. The molecule has 0 saturated carbocycles. The number of aromatic nitrogens is 8. The molecule has 0 N–H and O–H groups in total. The summed E-state index contributed by atoms with van der Waals surface area (Å²) in [5.74, 6) is 0.0687. The summed E-state index contributed by atoms with van der Waals surface area (Å²) in [6.07, 6.45) is 1.27. The molecule has 0 unspecified atom stereocenters. The Morgan fingerprint density at radius 1 is 1.19 bits per heavy atom. The number of nitrogens with zero attached hydrogens (tertiary/aromatic N) is 8. The Morgan fingerprint density at radius 2 is 2.11 bits per heavy atom. The van der Waals surface area contributed by atoms with Crippen molar-refractivity contribution >= 4 is 16.4 Å². The molecule has 1 aromatic carbocycles. The average Bonchev–Trinajstić information content (AvgIpc) is 3.49. The molecule has 0 aliphatic rings. The summed E-state index contributed by atoms with van der Waals surface area (Å²) in [6.45, 7) is -5.01. The van der Waals surface area contributed by atoms with Crippen LogP contribution in [0.1, 0.15) is 19.7 Å². The Labute approximate surface area is 160 Å². The Kier molecular flexibility index (Phi) is 2.25. The highest BCUT2D eigenvalue weighted by atomic mass is 16.5. The highest BCUT2D eigenvalue weighted by Gasteiger charge is 2.18. The summed E-state index contributed by atoms with van der Waals surface area (Å²) in [5.41, 5.74) is 0.836. The molecular weight excluding hydrogens is 348 g/mol. The fourth-order valence-corrected chi connectivity index (χ4v) is 2.71. The molecule has 4 aromatic heterocycles. The molecule has 0 aliphatic heterocycles. The molecule has 0 saturated heterocycles. The van der Waals surface area contributed by atoms with Crippen LogP contribution in [0, 0.1) is 6.85 Å². The first-order chi connectivity index (χ1) is 15.6. The van der Waals surface area contributed by atoms with E-state index in [1.165, 1.54) is 16.8 Å². The molecule has 5 aromatic rings. The smallest absolute Gasteiger partial charge is 0.240 e. The van der Waals surface area contributed by atoms with E-state index in [2.05, 4.69) is 30.8 Å². The molecule has 0 bridgehead atoms. The number of hydrogen-bond donors (Lipinski definition) is 0. The van der Waals surface area contributed by atoms with Gasteiger partial charge in [-0.3, -0.25) is 4.68 Å².